The average molecular weight is 153 g/mol. The first-order valence-corrected chi connectivity index (χ1v) is 3.38. The van der Waals surface area contributed by atoms with Gasteiger partial charge in [0.15, 0.2) is 0 Å². The Balaban J connectivity index is 3.09. The first-order chi connectivity index (χ1) is 5.11. The smallest absolute Gasteiger partial charge is 0.220 e. The minimum Gasteiger partial charge on any atom is -0.389 e. The van der Waals surface area contributed by atoms with Gasteiger partial charge in [0, 0.05) is 17.5 Å². The van der Waals surface area contributed by atoms with E-state index in [1.54, 1.807) is 20.0 Å². The molecule has 4 heteroatoms. The van der Waals surface area contributed by atoms with E-state index in [1.165, 1.54) is 0 Å². The fraction of sp³-hybridized carbons (Fsp3) is 0.429. The van der Waals surface area contributed by atoms with Gasteiger partial charge in [-0.1, -0.05) is 0 Å². The molecule has 0 saturated carbocycles. The fourth-order valence-corrected chi connectivity index (χ4v) is 0.905. The molecule has 0 spiro atoms. The summed E-state index contributed by atoms with van der Waals surface area (Å²) in [5.74, 6) is 0.243. The van der Waals surface area contributed by atoms with Gasteiger partial charge in [-0.3, -0.25) is 0 Å². The minimum atomic E-state index is -0.532. The summed E-state index contributed by atoms with van der Waals surface area (Å²) in [6.45, 7) is 3.46. The Morgan fingerprint density at radius 1 is 1.64 bits per heavy atom. The van der Waals surface area contributed by atoms with Gasteiger partial charge in [-0.05, 0) is 13.8 Å². The van der Waals surface area contributed by atoms with Crippen molar-refractivity contribution in [1.82, 2.24) is 9.97 Å². The van der Waals surface area contributed by atoms with Gasteiger partial charge in [0.05, 0.1) is 6.10 Å². The Kier molecular flexibility index (Phi) is 2.05. The first kappa shape index (κ1) is 7.94. The highest BCUT2D eigenvalue weighted by atomic mass is 16.3. The van der Waals surface area contributed by atoms with E-state index in [2.05, 4.69) is 9.97 Å². The molecule has 60 valence electrons. The first-order valence-electron chi connectivity index (χ1n) is 3.38. The van der Waals surface area contributed by atoms with Crippen LogP contribution in [0.2, 0.25) is 0 Å². The van der Waals surface area contributed by atoms with Crippen molar-refractivity contribution in [2.24, 2.45) is 0 Å². The van der Waals surface area contributed by atoms with Gasteiger partial charge in [-0.25, -0.2) is 9.97 Å². The lowest BCUT2D eigenvalue weighted by molar-refractivity contribution is 0.197. The number of anilines is 1. The molecule has 0 fully saturated rings. The summed E-state index contributed by atoms with van der Waals surface area (Å²) in [6.07, 6.45) is 1.01. The predicted octanol–water partition coefficient (Wildman–Crippen LogP) is 0.421. The highest BCUT2D eigenvalue weighted by molar-refractivity contribution is 5.25. The van der Waals surface area contributed by atoms with Gasteiger partial charge in [0.1, 0.15) is 0 Å². The molecular formula is C7H11N3O. The van der Waals surface area contributed by atoms with Crippen LogP contribution in [0.3, 0.4) is 0 Å². The molecule has 1 unspecified atom stereocenters. The third-order valence-electron chi connectivity index (χ3n) is 1.49. The van der Waals surface area contributed by atoms with Crippen LogP contribution < -0.4 is 5.73 Å². The van der Waals surface area contributed by atoms with Crippen molar-refractivity contribution < 1.29 is 5.11 Å². The van der Waals surface area contributed by atoms with Gasteiger partial charge in [0.25, 0.3) is 0 Å². The average Bonchev–Trinajstić information content (AvgIpc) is 1.85. The molecule has 0 bridgehead atoms. The molecule has 1 aromatic heterocycles. The Labute approximate surface area is 65.1 Å². The maximum Gasteiger partial charge on any atom is 0.220 e. The Bertz CT molecular complexity index is 260. The maximum atomic E-state index is 9.17. The van der Waals surface area contributed by atoms with Crippen LogP contribution in [0.1, 0.15) is 24.3 Å². The van der Waals surface area contributed by atoms with Crippen LogP contribution in [0.5, 0.6) is 0 Å². The summed E-state index contributed by atoms with van der Waals surface area (Å²) in [7, 11) is 0. The molecule has 1 heterocycles. The number of nitrogens with zero attached hydrogens (tertiary/aromatic N) is 2. The van der Waals surface area contributed by atoms with E-state index in [0.717, 1.165) is 11.3 Å². The van der Waals surface area contributed by atoms with E-state index in [9.17, 15) is 5.11 Å². The molecule has 0 aliphatic carbocycles. The van der Waals surface area contributed by atoms with Crippen molar-refractivity contribution in [1.29, 1.82) is 0 Å². The van der Waals surface area contributed by atoms with Crippen molar-refractivity contribution in [2.45, 2.75) is 20.0 Å². The lowest BCUT2D eigenvalue weighted by Gasteiger charge is -2.06. The number of nitrogens with two attached hydrogens (primary N) is 1. The van der Waals surface area contributed by atoms with Gasteiger partial charge in [-0.2, -0.15) is 0 Å². The molecule has 3 N–H and O–H groups in total. The van der Waals surface area contributed by atoms with Gasteiger partial charge >= 0.3 is 0 Å². The second-order valence-corrected chi connectivity index (χ2v) is 2.44. The molecular weight excluding hydrogens is 142 g/mol. The molecule has 0 aliphatic rings. The summed E-state index contributed by atoms with van der Waals surface area (Å²) in [5, 5.41) is 9.17. The Morgan fingerprint density at radius 2 is 2.27 bits per heavy atom. The number of aryl methyl sites for hydroxylation is 1. The number of aromatic nitrogens is 2. The molecule has 11 heavy (non-hydrogen) atoms. The second kappa shape index (κ2) is 2.84. The molecule has 1 aromatic rings. The highest BCUT2D eigenvalue weighted by Gasteiger charge is 2.05. The van der Waals surface area contributed by atoms with Crippen molar-refractivity contribution in [3.8, 4) is 0 Å². The number of rotatable bonds is 1. The molecule has 0 amide bonds. The Morgan fingerprint density at radius 3 is 2.73 bits per heavy atom. The van der Waals surface area contributed by atoms with Crippen LogP contribution >= 0.6 is 0 Å². The largest absolute Gasteiger partial charge is 0.389 e. The number of hydrogen-bond donors (Lipinski definition) is 2. The van der Waals surface area contributed by atoms with Crippen LogP contribution in [-0.2, 0) is 0 Å². The number of hydrogen-bond acceptors (Lipinski definition) is 4. The third-order valence-corrected chi connectivity index (χ3v) is 1.49. The van der Waals surface area contributed by atoms with E-state index in [0.29, 0.717) is 0 Å². The van der Waals surface area contributed by atoms with Crippen molar-refractivity contribution in [3.63, 3.8) is 0 Å². The lowest BCUT2D eigenvalue weighted by Crippen LogP contribution is -2.02. The third kappa shape index (κ3) is 1.65. The summed E-state index contributed by atoms with van der Waals surface area (Å²) >= 11 is 0. The zero-order valence-electron chi connectivity index (χ0n) is 6.57. The highest BCUT2D eigenvalue weighted by Crippen LogP contribution is 2.13. The monoisotopic (exact) mass is 153 g/mol. The van der Waals surface area contributed by atoms with Crippen LogP contribution in [0.4, 0.5) is 5.95 Å². The summed E-state index contributed by atoms with van der Waals surface area (Å²) in [4.78, 5) is 7.67. The normalized spacial score (nSPS) is 13.0. The quantitative estimate of drug-likeness (QED) is 0.613. The maximum absolute atomic E-state index is 9.17. The van der Waals surface area contributed by atoms with E-state index >= 15 is 0 Å². The van der Waals surface area contributed by atoms with E-state index in [1.807, 2.05) is 0 Å². The van der Waals surface area contributed by atoms with Crippen LogP contribution in [0.25, 0.3) is 0 Å². The molecule has 0 aliphatic heterocycles. The molecule has 1 rings (SSSR count). The molecule has 0 saturated heterocycles. The summed E-state index contributed by atoms with van der Waals surface area (Å²) in [6, 6.07) is 0. The minimum absolute atomic E-state index is 0.243. The number of aliphatic hydroxyl groups excluding tert-OH is 1. The number of nitrogen functional groups attached to an aromatic ring is 1. The van der Waals surface area contributed by atoms with Gasteiger partial charge in [-0.15, -0.1) is 0 Å². The standard InChI is InChI=1S/C7H11N3O/c1-4-6(5(2)11)3-9-7(8)10-4/h3,5,11H,1-2H3,(H2,8,9,10). The van der Waals surface area contributed by atoms with E-state index in [-0.39, 0.29) is 5.95 Å². The van der Waals surface area contributed by atoms with Gasteiger partial charge in [0.2, 0.25) is 5.95 Å². The number of aliphatic hydroxyl groups is 1. The van der Waals surface area contributed by atoms with Crippen molar-refractivity contribution in [2.75, 3.05) is 5.73 Å². The summed E-state index contributed by atoms with van der Waals surface area (Å²) in [5.41, 5.74) is 6.77. The van der Waals surface area contributed by atoms with Gasteiger partial charge < -0.3 is 10.8 Å². The zero-order valence-corrected chi connectivity index (χ0v) is 6.57. The van der Waals surface area contributed by atoms with Crippen LogP contribution in [0, 0.1) is 6.92 Å². The predicted molar refractivity (Wildman–Crippen MR) is 41.8 cm³/mol. The zero-order chi connectivity index (χ0) is 8.43. The molecule has 1 atom stereocenters. The SMILES string of the molecule is Cc1nc(N)ncc1C(C)O. The molecule has 4 nitrogen and oxygen atoms in total. The van der Waals surface area contributed by atoms with Crippen LogP contribution in [0.15, 0.2) is 6.20 Å². The summed E-state index contributed by atoms with van der Waals surface area (Å²) < 4.78 is 0. The molecule has 0 aromatic carbocycles. The van der Waals surface area contributed by atoms with Crippen molar-refractivity contribution >= 4 is 5.95 Å². The topological polar surface area (TPSA) is 72.0 Å². The fourth-order valence-electron chi connectivity index (χ4n) is 0.905. The molecule has 0 radical (unpaired) electrons. The van der Waals surface area contributed by atoms with Crippen LogP contribution in [-0.4, -0.2) is 15.1 Å². The lowest BCUT2D eigenvalue weighted by atomic mass is 10.1. The van der Waals surface area contributed by atoms with E-state index in [4.69, 9.17) is 5.73 Å². The van der Waals surface area contributed by atoms with E-state index < -0.39 is 6.10 Å². The second-order valence-electron chi connectivity index (χ2n) is 2.44. The van der Waals surface area contributed by atoms with Crippen molar-refractivity contribution in [3.05, 3.63) is 17.5 Å². The Hall–Kier alpha value is -1.16.